The molecular formula is C18H17ClN2OS. The molecule has 0 saturated carbocycles. The molecule has 0 aliphatic rings. The van der Waals surface area contributed by atoms with Crippen LogP contribution >= 0.6 is 22.9 Å². The van der Waals surface area contributed by atoms with E-state index in [0.29, 0.717) is 15.7 Å². The van der Waals surface area contributed by atoms with Gasteiger partial charge in [-0.05, 0) is 56.5 Å². The lowest BCUT2D eigenvalue weighted by Crippen LogP contribution is -2.14. The average molecular weight is 345 g/mol. The fraction of sp³-hybridized carbons (Fsp3) is 0.222. The van der Waals surface area contributed by atoms with Gasteiger partial charge in [-0.2, -0.15) is 0 Å². The van der Waals surface area contributed by atoms with Gasteiger partial charge in [0, 0.05) is 15.8 Å². The monoisotopic (exact) mass is 344 g/mol. The Hall–Kier alpha value is -1.91. The molecule has 0 atom stereocenters. The van der Waals surface area contributed by atoms with Gasteiger partial charge in [0.2, 0.25) is 0 Å². The predicted molar refractivity (Wildman–Crippen MR) is 98.0 cm³/mol. The maximum atomic E-state index is 12.6. The third-order valence-corrected chi connectivity index (χ3v) is 5.54. The van der Waals surface area contributed by atoms with Crippen LogP contribution in [0.4, 0.5) is 5.82 Å². The lowest BCUT2D eigenvalue weighted by atomic mass is 10.1. The van der Waals surface area contributed by atoms with Gasteiger partial charge in [-0.1, -0.05) is 23.7 Å². The Morgan fingerprint density at radius 1 is 1.17 bits per heavy atom. The van der Waals surface area contributed by atoms with Crippen LogP contribution in [0, 0.1) is 27.7 Å². The van der Waals surface area contributed by atoms with Crippen LogP contribution in [0.3, 0.4) is 0 Å². The number of rotatable bonds is 2. The third-order valence-electron chi connectivity index (χ3n) is 3.88. The molecule has 23 heavy (non-hydrogen) atoms. The quantitative estimate of drug-likeness (QED) is 0.673. The van der Waals surface area contributed by atoms with Gasteiger partial charge in [0.1, 0.15) is 10.7 Å². The van der Waals surface area contributed by atoms with E-state index < -0.39 is 0 Å². The largest absolute Gasteiger partial charge is 0.306 e. The van der Waals surface area contributed by atoms with E-state index in [1.807, 2.05) is 52.0 Å². The first kappa shape index (κ1) is 16.0. The zero-order chi connectivity index (χ0) is 16.7. The lowest BCUT2D eigenvalue weighted by Gasteiger charge is -2.10. The number of benzene rings is 1. The molecule has 0 unspecified atom stereocenters. The summed E-state index contributed by atoms with van der Waals surface area (Å²) in [4.78, 5) is 17.6. The van der Waals surface area contributed by atoms with E-state index in [1.165, 1.54) is 11.3 Å². The Balaban J connectivity index is 2.00. The van der Waals surface area contributed by atoms with Crippen molar-refractivity contribution in [2.45, 2.75) is 27.7 Å². The summed E-state index contributed by atoms with van der Waals surface area (Å²) >= 11 is 7.81. The first-order valence-electron chi connectivity index (χ1n) is 7.31. The first-order chi connectivity index (χ1) is 10.9. The highest BCUT2D eigenvalue weighted by Gasteiger charge is 2.18. The van der Waals surface area contributed by atoms with Crippen LogP contribution in [-0.2, 0) is 0 Å². The number of nitrogens with one attached hydrogen (secondary N) is 1. The fourth-order valence-electron chi connectivity index (χ4n) is 2.51. The summed E-state index contributed by atoms with van der Waals surface area (Å²) in [6.45, 7) is 7.90. The van der Waals surface area contributed by atoms with Gasteiger partial charge < -0.3 is 5.32 Å². The van der Waals surface area contributed by atoms with Gasteiger partial charge in [-0.3, -0.25) is 4.79 Å². The predicted octanol–water partition coefficient (Wildman–Crippen LogP) is 5.44. The van der Waals surface area contributed by atoms with Crippen molar-refractivity contribution in [2.75, 3.05) is 5.32 Å². The molecule has 0 saturated heterocycles. The molecule has 0 spiro atoms. The van der Waals surface area contributed by atoms with E-state index >= 15 is 0 Å². The first-order valence-corrected chi connectivity index (χ1v) is 8.51. The molecular weight excluding hydrogens is 328 g/mol. The standard InChI is InChI=1S/C18H17ClN2OS/c1-9-5-6-13-14(7-9)23-16(15(13)19)18(22)21-17-12(4)10(2)8-11(3)20-17/h5-8H,1-4H3,(H,20,21,22). The number of carbonyl (C=O) groups excluding carboxylic acids is 1. The second-order valence-corrected chi connectivity index (χ2v) is 7.18. The van der Waals surface area contributed by atoms with Crippen molar-refractivity contribution in [3.05, 3.63) is 56.5 Å². The zero-order valence-electron chi connectivity index (χ0n) is 13.5. The number of aromatic nitrogens is 1. The zero-order valence-corrected chi connectivity index (χ0v) is 15.0. The Labute approximate surface area is 144 Å². The molecule has 3 nitrogen and oxygen atoms in total. The Kier molecular flexibility index (Phi) is 4.13. The molecule has 0 aliphatic heterocycles. The number of pyridine rings is 1. The topological polar surface area (TPSA) is 42.0 Å². The number of thiophene rings is 1. The SMILES string of the molecule is Cc1ccc2c(Cl)c(C(=O)Nc3nc(C)cc(C)c3C)sc2c1. The smallest absolute Gasteiger partial charge is 0.268 e. The van der Waals surface area contributed by atoms with Crippen molar-refractivity contribution >= 4 is 44.7 Å². The van der Waals surface area contributed by atoms with Crippen molar-refractivity contribution < 1.29 is 4.79 Å². The molecule has 3 rings (SSSR count). The molecule has 0 aliphatic carbocycles. The van der Waals surface area contributed by atoms with E-state index in [2.05, 4.69) is 10.3 Å². The van der Waals surface area contributed by atoms with Gasteiger partial charge in [-0.25, -0.2) is 4.98 Å². The maximum Gasteiger partial charge on any atom is 0.268 e. The molecule has 3 aromatic rings. The fourth-order valence-corrected chi connectivity index (χ4v) is 4.02. The highest BCUT2D eigenvalue weighted by molar-refractivity contribution is 7.21. The summed E-state index contributed by atoms with van der Waals surface area (Å²) in [6.07, 6.45) is 0. The summed E-state index contributed by atoms with van der Waals surface area (Å²) in [5.41, 5.74) is 4.10. The van der Waals surface area contributed by atoms with Crippen molar-refractivity contribution in [1.29, 1.82) is 0 Å². The molecule has 2 heterocycles. The summed E-state index contributed by atoms with van der Waals surface area (Å²) in [6, 6.07) is 8.00. The Morgan fingerprint density at radius 2 is 1.91 bits per heavy atom. The van der Waals surface area contributed by atoms with Crippen LogP contribution in [0.5, 0.6) is 0 Å². The molecule has 0 fully saturated rings. The van der Waals surface area contributed by atoms with Gasteiger partial charge in [-0.15, -0.1) is 11.3 Å². The molecule has 118 valence electrons. The van der Waals surface area contributed by atoms with Crippen LogP contribution in [0.15, 0.2) is 24.3 Å². The van der Waals surface area contributed by atoms with Crippen LogP contribution in [0.1, 0.15) is 32.1 Å². The van der Waals surface area contributed by atoms with Gasteiger partial charge in [0.15, 0.2) is 0 Å². The number of anilines is 1. The molecule has 0 bridgehead atoms. The lowest BCUT2D eigenvalue weighted by molar-refractivity contribution is 0.103. The maximum absolute atomic E-state index is 12.6. The second kappa shape index (κ2) is 5.95. The highest BCUT2D eigenvalue weighted by atomic mass is 35.5. The van der Waals surface area contributed by atoms with Crippen LogP contribution in [0.25, 0.3) is 10.1 Å². The number of hydrogen-bond donors (Lipinski definition) is 1. The van der Waals surface area contributed by atoms with Crippen LogP contribution in [-0.4, -0.2) is 10.9 Å². The van der Waals surface area contributed by atoms with E-state index in [1.54, 1.807) is 0 Å². The van der Waals surface area contributed by atoms with Gasteiger partial charge >= 0.3 is 0 Å². The second-order valence-electron chi connectivity index (χ2n) is 5.75. The van der Waals surface area contributed by atoms with Gasteiger partial charge in [0.05, 0.1) is 5.02 Å². The van der Waals surface area contributed by atoms with Crippen molar-refractivity contribution in [3.8, 4) is 0 Å². The molecule has 5 heteroatoms. The molecule has 0 radical (unpaired) electrons. The normalized spacial score (nSPS) is 11.0. The number of amides is 1. The molecule has 1 N–H and O–H groups in total. The Morgan fingerprint density at radius 3 is 2.65 bits per heavy atom. The number of fused-ring (bicyclic) bond motifs is 1. The number of carbonyl (C=O) groups is 1. The van der Waals surface area contributed by atoms with Crippen LogP contribution < -0.4 is 5.32 Å². The van der Waals surface area contributed by atoms with Gasteiger partial charge in [0.25, 0.3) is 5.91 Å². The number of nitrogens with zero attached hydrogens (tertiary/aromatic N) is 1. The summed E-state index contributed by atoms with van der Waals surface area (Å²) in [5.74, 6) is 0.381. The van der Waals surface area contributed by atoms with Crippen LogP contribution in [0.2, 0.25) is 5.02 Å². The van der Waals surface area contributed by atoms with E-state index in [4.69, 9.17) is 11.6 Å². The minimum absolute atomic E-state index is 0.213. The van der Waals surface area contributed by atoms with E-state index in [0.717, 1.165) is 32.5 Å². The minimum Gasteiger partial charge on any atom is -0.306 e. The minimum atomic E-state index is -0.213. The molecule has 2 aromatic heterocycles. The van der Waals surface area contributed by atoms with E-state index in [-0.39, 0.29) is 5.91 Å². The summed E-state index contributed by atoms with van der Waals surface area (Å²) < 4.78 is 1.02. The molecule has 1 aromatic carbocycles. The summed E-state index contributed by atoms with van der Waals surface area (Å²) in [5, 5.41) is 4.32. The highest BCUT2D eigenvalue weighted by Crippen LogP contribution is 2.36. The van der Waals surface area contributed by atoms with Crippen molar-refractivity contribution in [3.63, 3.8) is 0 Å². The van der Waals surface area contributed by atoms with Crippen molar-refractivity contribution in [1.82, 2.24) is 4.98 Å². The average Bonchev–Trinajstić information content (AvgIpc) is 2.80. The van der Waals surface area contributed by atoms with Crippen molar-refractivity contribution in [2.24, 2.45) is 0 Å². The van der Waals surface area contributed by atoms with E-state index in [9.17, 15) is 4.79 Å². The number of hydrogen-bond acceptors (Lipinski definition) is 3. The summed E-state index contributed by atoms with van der Waals surface area (Å²) in [7, 11) is 0. The number of halogens is 1. The molecule has 1 amide bonds. The Bertz CT molecular complexity index is 930. The third kappa shape index (κ3) is 2.96. The number of aryl methyl sites for hydroxylation is 3.